The lowest BCUT2D eigenvalue weighted by Crippen LogP contribution is -2.42. The smallest absolute Gasteiger partial charge is 0.414 e. The zero-order valence-electron chi connectivity index (χ0n) is 12.4. The highest BCUT2D eigenvalue weighted by molar-refractivity contribution is 6.18. The second kappa shape index (κ2) is 5.71. The van der Waals surface area contributed by atoms with Crippen LogP contribution in [0.25, 0.3) is 0 Å². The molecule has 3 rings (SSSR count). The van der Waals surface area contributed by atoms with Gasteiger partial charge in [0, 0.05) is 24.5 Å². The Balaban J connectivity index is 1.77. The van der Waals surface area contributed by atoms with E-state index >= 15 is 0 Å². The largest absolute Gasteiger partial charge is 0.444 e. The quantitative estimate of drug-likeness (QED) is 0.724. The Kier molecular flexibility index (Phi) is 3.90. The van der Waals surface area contributed by atoms with Gasteiger partial charge in [0.2, 0.25) is 0 Å². The van der Waals surface area contributed by atoms with Gasteiger partial charge >= 0.3 is 6.09 Å². The number of cyclic esters (lactones) is 1. The maximum Gasteiger partial charge on any atom is 0.414 e. The Bertz CT molecular complexity index is 594. The van der Waals surface area contributed by atoms with Crippen molar-refractivity contribution in [3.05, 3.63) is 24.3 Å². The van der Waals surface area contributed by atoms with Crippen LogP contribution in [-0.2, 0) is 14.3 Å². The standard InChI is InChI=1S/C14H19N3O4Si/c15-8-14(22)9-17(13(19)21-14)11-3-1-10(2-4-11)16-5-6-20-7-12(16)18/h1-4H,5-9,15H2,22H3. The van der Waals surface area contributed by atoms with E-state index in [1.807, 2.05) is 24.3 Å². The number of rotatable bonds is 3. The number of anilines is 2. The lowest BCUT2D eigenvalue weighted by atomic mass is 10.2. The van der Waals surface area contributed by atoms with E-state index in [2.05, 4.69) is 0 Å². The molecule has 2 heterocycles. The monoisotopic (exact) mass is 321 g/mol. The van der Waals surface area contributed by atoms with Gasteiger partial charge in [0.25, 0.3) is 5.91 Å². The van der Waals surface area contributed by atoms with E-state index in [1.165, 1.54) is 0 Å². The summed E-state index contributed by atoms with van der Waals surface area (Å²) in [6, 6.07) is 7.31. The van der Waals surface area contributed by atoms with Crippen molar-refractivity contribution >= 4 is 33.6 Å². The Morgan fingerprint density at radius 2 is 1.82 bits per heavy atom. The molecule has 1 atom stereocenters. The average molecular weight is 321 g/mol. The van der Waals surface area contributed by atoms with Crippen molar-refractivity contribution in [3.63, 3.8) is 0 Å². The minimum Gasteiger partial charge on any atom is -0.444 e. The Morgan fingerprint density at radius 3 is 2.36 bits per heavy atom. The normalized spacial score (nSPS) is 25.7. The predicted molar refractivity (Wildman–Crippen MR) is 85.2 cm³/mol. The van der Waals surface area contributed by atoms with Crippen molar-refractivity contribution in [1.82, 2.24) is 0 Å². The number of benzene rings is 1. The molecule has 1 aromatic rings. The predicted octanol–water partition coefficient (Wildman–Crippen LogP) is -0.973. The van der Waals surface area contributed by atoms with Crippen LogP contribution in [0.4, 0.5) is 16.2 Å². The molecule has 2 N–H and O–H groups in total. The summed E-state index contributed by atoms with van der Waals surface area (Å²) in [5.41, 5.74) is 7.24. The highest BCUT2D eigenvalue weighted by atomic mass is 28.1. The number of ether oxygens (including phenoxy) is 2. The number of carbonyl (C=O) groups excluding carboxylic acids is 2. The lowest BCUT2D eigenvalue weighted by Gasteiger charge is -2.27. The summed E-state index contributed by atoms with van der Waals surface area (Å²) >= 11 is 0. The molecule has 118 valence electrons. The third-order valence-corrected chi connectivity index (χ3v) is 4.87. The average Bonchev–Trinajstić information content (AvgIpc) is 2.84. The van der Waals surface area contributed by atoms with Crippen molar-refractivity contribution in [3.8, 4) is 0 Å². The molecule has 0 saturated carbocycles. The van der Waals surface area contributed by atoms with Crippen molar-refractivity contribution in [2.45, 2.75) is 5.22 Å². The molecule has 2 amide bonds. The van der Waals surface area contributed by atoms with Crippen molar-refractivity contribution in [2.24, 2.45) is 5.73 Å². The molecule has 2 saturated heterocycles. The van der Waals surface area contributed by atoms with Crippen molar-refractivity contribution in [1.29, 1.82) is 0 Å². The number of hydrogen-bond acceptors (Lipinski definition) is 5. The van der Waals surface area contributed by atoms with Gasteiger partial charge in [-0.25, -0.2) is 4.79 Å². The Hall–Kier alpha value is -1.90. The van der Waals surface area contributed by atoms with E-state index in [0.29, 0.717) is 36.5 Å². The fraction of sp³-hybridized carbons (Fsp3) is 0.429. The fourth-order valence-electron chi connectivity index (χ4n) is 2.60. The summed E-state index contributed by atoms with van der Waals surface area (Å²) in [6.45, 7) is 2.00. The Morgan fingerprint density at radius 1 is 1.18 bits per heavy atom. The molecule has 0 aliphatic carbocycles. The van der Waals surface area contributed by atoms with E-state index < -0.39 is 5.22 Å². The topological polar surface area (TPSA) is 85.1 Å². The van der Waals surface area contributed by atoms with Crippen molar-refractivity contribution < 1.29 is 19.1 Å². The second-order valence-corrected chi connectivity index (χ2v) is 7.54. The molecule has 1 aromatic carbocycles. The molecule has 2 aliphatic rings. The van der Waals surface area contributed by atoms with Crippen LogP contribution in [0.5, 0.6) is 0 Å². The summed E-state index contributed by atoms with van der Waals surface area (Å²) < 4.78 is 10.5. The molecule has 22 heavy (non-hydrogen) atoms. The van der Waals surface area contributed by atoms with Crippen LogP contribution in [0, 0.1) is 0 Å². The summed E-state index contributed by atoms with van der Waals surface area (Å²) in [5.74, 6) is -0.0544. The van der Waals surface area contributed by atoms with E-state index in [9.17, 15) is 9.59 Å². The molecule has 2 aliphatic heterocycles. The molecule has 0 spiro atoms. The molecule has 2 fully saturated rings. The van der Waals surface area contributed by atoms with Crippen LogP contribution in [0.1, 0.15) is 0 Å². The van der Waals surface area contributed by atoms with Gasteiger partial charge in [0.15, 0.2) is 0 Å². The second-order valence-electron chi connectivity index (χ2n) is 5.72. The summed E-state index contributed by atoms with van der Waals surface area (Å²) in [7, 11) is 0.685. The van der Waals surface area contributed by atoms with Crippen LogP contribution in [0.15, 0.2) is 24.3 Å². The summed E-state index contributed by atoms with van der Waals surface area (Å²) in [6.07, 6.45) is -0.365. The maximum atomic E-state index is 12.0. The number of nitrogens with zero attached hydrogens (tertiary/aromatic N) is 2. The number of morpholine rings is 1. The SMILES string of the molecule is NCC1([SiH3])CN(c2ccc(N3CCOCC3=O)cc2)C(=O)O1. The molecule has 8 heteroatoms. The minimum absolute atomic E-state index is 0.0544. The minimum atomic E-state index is -0.518. The Labute approximate surface area is 131 Å². The van der Waals surface area contributed by atoms with Crippen LogP contribution >= 0.6 is 0 Å². The van der Waals surface area contributed by atoms with Gasteiger partial charge in [0.1, 0.15) is 11.8 Å². The van der Waals surface area contributed by atoms with Crippen LogP contribution in [-0.4, -0.2) is 60.3 Å². The molecule has 0 aromatic heterocycles. The van der Waals surface area contributed by atoms with Gasteiger partial charge in [-0.15, -0.1) is 0 Å². The lowest BCUT2D eigenvalue weighted by molar-refractivity contribution is -0.125. The van der Waals surface area contributed by atoms with E-state index in [1.54, 1.807) is 9.80 Å². The molecule has 0 bridgehead atoms. The third-order valence-electron chi connectivity index (χ3n) is 3.94. The van der Waals surface area contributed by atoms with E-state index in [-0.39, 0.29) is 18.6 Å². The van der Waals surface area contributed by atoms with Crippen LogP contribution in [0.3, 0.4) is 0 Å². The highest BCUT2D eigenvalue weighted by Crippen LogP contribution is 2.28. The molecule has 0 radical (unpaired) electrons. The van der Waals surface area contributed by atoms with Crippen LogP contribution in [0.2, 0.25) is 0 Å². The van der Waals surface area contributed by atoms with Gasteiger partial charge < -0.3 is 20.1 Å². The first-order valence-corrected chi connectivity index (χ1v) is 8.21. The zero-order valence-corrected chi connectivity index (χ0v) is 14.4. The fourth-order valence-corrected chi connectivity index (χ4v) is 3.09. The third kappa shape index (κ3) is 2.72. The first-order valence-electron chi connectivity index (χ1n) is 7.21. The van der Waals surface area contributed by atoms with Gasteiger partial charge in [-0.1, -0.05) is 0 Å². The highest BCUT2D eigenvalue weighted by Gasteiger charge is 2.40. The molecular weight excluding hydrogens is 302 g/mol. The van der Waals surface area contributed by atoms with Gasteiger partial charge in [-0.05, 0) is 24.3 Å². The van der Waals surface area contributed by atoms with Gasteiger partial charge in [-0.3, -0.25) is 9.69 Å². The summed E-state index contributed by atoms with van der Waals surface area (Å²) in [4.78, 5) is 27.1. The zero-order chi connectivity index (χ0) is 15.7. The molecule has 1 unspecified atom stereocenters. The maximum absolute atomic E-state index is 12.0. The first kappa shape index (κ1) is 15.0. The first-order chi connectivity index (χ1) is 10.5. The summed E-state index contributed by atoms with van der Waals surface area (Å²) in [5, 5.41) is -0.518. The molecular formula is C14H19N3O4Si. The molecule has 7 nitrogen and oxygen atoms in total. The number of carbonyl (C=O) groups is 2. The van der Waals surface area contributed by atoms with Gasteiger partial charge in [-0.2, -0.15) is 0 Å². The van der Waals surface area contributed by atoms with Crippen LogP contribution < -0.4 is 15.5 Å². The van der Waals surface area contributed by atoms with E-state index in [0.717, 1.165) is 11.4 Å². The number of amides is 2. The van der Waals surface area contributed by atoms with Crippen molar-refractivity contribution in [2.75, 3.05) is 42.6 Å². The number of nitrogens with two attached hydrogens (primary N) is 1. The van der Waals surface area contributed by atoms with E-state index in [4.69, 9.17) is 15.2 Å². The van der Waals surface area contributed by atoms with Gasteiger partial charge in [0.05, 0.1) is 23.4 Å². The number of hydrogen-bond donors (Lipinski definition) is 1.